The number of piperidine rings is 2. The van der Waals surface area contributed by atoms with Crippen LogP contribution in [0.25, 0.3) is 0 Å². The Bertz CT molecular complexity index is 728. The number of nitrogens with one attached hydrogen (secondary N) is 1. The van der Waals surface area contributed by atoms with Crippen LogP contribution in [0.15, 0.2) is 29.4 Å². The van der Waals surface area contributed by atoms with Gasteiger partial charge in [-0.25, -0.2) is 4.98 Å². The van der Waals surface area contributed by atoms with Crippen LogP contribution in [0.3, 0.4) is 0 Å². The van der Waals surface area contributed by atoms with Crippen molar-refractivity contribution in [2.24, 2.45) is 5.92 Å². The molecule has 7 heteroatoms. The summed E-state index contributed by atoms with van der Waals surface area (Å²) < 4.78 is 0. The number of aromatic amines is 1. The number of fused-ring (bicyclic) bond motifs is 1. The van der Waals surface area contributed by atoms with Gasteiger partial charge in [-0.1, -0.05) is 0 Å². The topological polar surface area (TPSA) is 69.3 Å². The number of carbonyl (C=O) groups is 2. The van der Waals surface area contributed by atoms with Crippen molar-refractivity contribution in [3.63, 3.8) is 0 Å². The maximum Gasteiger partial charge on any atom is 0.254 e. The molecule has 4 rings (SSSR count). The van der Waals surface area contributed by atoms with Crippen molar-refractivity contribution >= 4 is 23.2 Å². The number of rotatable bonds is 4. The number of nitrogens with zero attached hydrogens (tertiary/aromatic N) is 3. The Morgan fingerprint density at radius 2 is 2.32 bits per heavy atom. The largest absolute Gasteiger partial charge is 0.348 e. The van der Waals surface area contributed by atoms with Crippen LogP contribution < -0.4 is 0 Å². The molecule has 132 valence electrons. The highest BCUT2D eigenvalue weighted by Gasteiger charge is 2.40. The van der Waals surface area contributed by atoms with Gasteiger partial charge in [-0.2, -0.15) is 11.3 Å². The third-order valence-corrected chi connectivity index (χ3v) is 6.06. The van der Waals surface area contributed by atoms with Gasteiger partial charge in [-0.05, 0) is 30.2 Å². The first-order chi connectivity index (χ1) is 12.2. The first kappa shape index (κ1) is 16.3. The summed E-state index contributed by atoms with van der Waals surface area (Å²) in [7, 11) is 0. The van der Waals surface area contributed by atoms with E-state index in [2.05, 4.69) is 9.97 Å². The molecule has 0 aromatic carbocycles. The third kappa shape index (κ3) is 3.33. The van der Waals surface area contributed by atoms with Gasteiger partial charge in [0.2, 0.25) is 5.91 Å². The van der Waals surface area contributed by atoms with Crippen molar-refractivity contribution in [2.75, 3.05) is 19.6 Å². The number of hydrogen-bond acceptors (Lipinski definition) is 4. The maximum absolute atomic E-state index is 12.6. The van der Waals surface area contributed by atoms with Gasteiger partial charge in [-0.3, -0.25) is 9.59 Å². The molecule has 2 amide bonds. The Morgan fingerprint density at radius 1 is 1.40 bits per heavy atom. The van der Waals surface area contributed by atoms with Gasteiger partial charge in [0.05, 0.1) is 11.9 Å². The van der Waals surface area contributed by atoms with Crippen molar-refractivity contribution in [3.05, 3.63) is 40.6 Å². The highest BCUT2D eigenvalue weighted by atomic mass is 32.1. The van der Waals surface area contributed by atoms with Gasteiger partial charge in [0.25, 0.3) is 5.91 Å². The minimum absolute atomic E-state index is 0.126. The zero-order valence-electron chi connectivity index (χ0n) is 14.1. The number of thiophene rings is 1. The Hall–Kier alpha value is -2.15. The van der Waals surface area contributed by atoms with Gasteiger partial charge in [0, 0.05) is 55.8 Å². The number of likely N-dealkylation sites (tertiary alicyclic amines) is 2. The standard InChI is InChI=1S/C18H22N4O2S/c23-17-2-1-13-10-21(18(24)14-5-8-25-11-14)6-4-16(13)22(17)7-3-15-9-19-12-20-15/h5,8-9,11-13,16H,1-4,6-7,10H2,(H,19,20). The minimum atomic E-state index is 0.126. The van der Waals surface area contributed by atoms with E-state index in [4.69, 9.17) is 0 Å². The molecule has 0 bridgehead atoms. The molecule has 2 saturated heterocycles. The van der Waals surface area contributed by atoms with Gasteiger partial charge in [0.15, 0.2) is 0 Å². The second-order valence-corrected chi connectivity index (χ2v) is 7.61. The number of amides is 2. The normalized spacial score (nSPS) is 23.6. The third-order valence-electron chi connectivity index (χ3n) is 5.38. The predicted octanol–water partition coefficient (Wildman–Crippen LogP) is 2.17. The molecule has 4 heterocycles. The van der Waals surface area contributed by atoms with E-state index >= 15 is 0 Å². The van der Waals surface area contributed by atoms with E-state index in [-0.39, 0.29) is 17.9 Å². The second kappa shape index (κ2) is 7.00. The first-order valence-corrected chi connectivity index (χ1v) is 9.75. The molecule has 1 N–H and O–H groups in total. The van der Waals surface area contributed by atoms with E-state index in [1.807, 2.05) is 32.8 Å². The van der Waals surface area contributed by atoms with E-state index in [9.17, 15) is 9.59 Å². The van der Waals surface area contributed by atoms with Crippen LogP contribution in [0.1, 0.15) is 35.3 Å². The maximum atomic E-state index is 12.6. The second-order valence-electron chi connectivity index (χ2n) is 6.83. The van der Waals surface area contributed by atoms with Crippen LogP contribution >= 0.6 is 11.3 Å². The van der Waals surface area contributed by atoms with E-state index in [0.717, 1.165) is 50.2 Å². The molecular formula is C18H22N4O2S. The molecule has 6 nitrogen and oxygen atoms in total. The Morgan fingerprint density at radius 3 is 3.08 bits per heavy atom. The summed E-state index contributed by atoms with van der Waals surface area (Å²) in [4.78, 5) is 36.2. The first-order valence-electron chi connectivity index (χ1n) is 8.80. The van der Waals surface area contributed by atoms with Crippen molar-refractivity contribution in [1.29, 1.82) is 0 Å². The zero-order chi connectivity index (χ0) is 17.2. The smallest absolute Gasteiger partial charge is 0.254 e. The fourth-order valence-corrected chi connectivity index (χ4v) is 4.69. The van der Waals surface area contributed by atoms with Crippen LogP contribution in [-0.4, -0.2) is 57.3 Å². The number of hydrogen-bond donors (Lipinski definition) is 1. The lowest BCUT2D eigenvalue weighted by Crippen LogP contribution is -2.57. The average Bonchev–Trinajstić information content (AvgIpc) is 3.33. The summed E-state index contributed by atoms with van der Waals surface area (Å²) >= 11 is 1.55. The van der Waals surface area contributed by atoms with Crippen LogP contribution in [0, 0.1) is 5.92 Å². The number of H-pyrrole nitrogens is 1. The lowest BCUT2D eigenvalue weighted by molar-refractivity contribution is -0.140. The molecule has 25 heavy (non-hydrogen) atoms. The van der Waals surface area contributed by atoms with Crippen molar-refractivity contribution in [2.45, 2.75) is 31.7 Å². The molecule has 0 aliphatic carbocycles. The zero-order valence-corrected chi connectivity index (χ0v) is 14.9. The van der Waals surface area contributed by atoms with Gasteiger partial charge in [0.1, 0.15) is 0 Å². The van der Waals surface area contributed by atoms with Gasteiger partial charge >= 0.3 is 0 Å². The Kier molecular flexibility index (Phi) is 4.57. The SMILES string of the molecule is O=C(c1ccsc1)N1CCC2C(CCC(=O)N2CCc2cnc[nH]2)C1. The molecule has 2 aromatic heterocycles. The number of imidazole rings is 1. The summed E-state index contributed by atoms with van der Waals surface area (Å²) in [6.07, 6.45) is 6.63. The Balaban J connectivity index is 1.41. The lowest BCUT2D eigenvalue weighted by Gasteiger charge is -2.47. The van der Waals surface area contributed by atoms with Crippen molar-refractivity contribution in [1.82, 2.24) is 19.8 Å². The highest BCUT2D eigenvalue weighted by Crippen LogP contribution is 2.32. The molecule has 2 atom stereocenters. The summed E-state index contributed by atoms with van der Waals surface area (Å²) in [5.74, 6) is 0.759. The summed E-state index contributed by atoms with van der Waals surface area (Å²) in [5, 5.41) is 3.85. The van der Waals surface area contributed by atoms with E-state index < -0.39 is 0 Å². The van der Waals surface area contributed by atoms with Crippen LogP contribution in [0.4, 0.5) is 0 Å². The Labute approximate surface area is 150 Å². The quantitative estimate of drug-likeness (QED) is 0.911. The van der Waals surface area contributed by atoms with E-state index in [1.54, 1.807) is 17.7 Å². The lowest BCUT2D eigenvalue weighted by atomic mass is 9.83. The monoisotopic (exact) mass is 358 g/mol. The molecule has 2 aromatic rings. The van der Waals surface area contributed by atoms with E-state index in [1.165, 1.54) is 0 Å². The molecule has 2 unspecified atom stereocenters. The van der Waals surface area contributed by atoms with Crippen LogP contribution in [0.5, 0.6) is 0 Å². The molecule has 0 saturated carbocycles. The van der Waals surface area contributed by atoms with Crippen molar-refractivity contribution in [3.8, 4) is 0 Å². The van der Waals surface area contributed by atoms with Crippen LogP contribution in [0.2, 0.25) is 0 Å². The van der Waals surface area contributed by atoms with Gasteiger partial charge < -0.3 is 14.8 Å². The average molecular weight is 358 g/mol. The van der Waals surface area contributed by atoms with Crippen LogP contribution in [-0.2, 0) is 11.2 Å². The van der Waals surface area contributed by atoms with E-state index in [0.29, 0.717) is 12.3 Å². The highest BCUT2D eigenvalue weighted by molar-refractivity contribution is 7.08. The molecular weight excluding hydrogens is 336 g/mol. The van der Waals surface area contributed by atoms with Gasteiger partial charge in [-0.15, -0.1) is 0 Å². The predicted molar refractivity (Wildman–Crippen MR) is 95.4 cm³/mol. The molecule has 2 aliphatic rings. The fraction of sp³-hybridized carbons (Fsp3) is 0.500. The summed E-state index contributed by atoms with van der Waals surface area (Å²) in [5.41, 5.74) is 1.84. The molecule has 0 radical (unpaired) electrons. The summed E-state index contributed by atoms with van der Waals surface area (Å²) in [6, 6.07) is 2.15. The molecule has 0 spiro atoms. The minimum Gasteiger partial charge on any atom is -0.348 e. The summed E-state index contributed by atoms with van der Waals surface area (Å²) in [6.45, 7) is 2.21. The number of carbonyl (C=O) groups excluding carboxylic acids is 2. The van der Waals surface area contributed by atoms with Crippen molar-refractivity contribution < 1.29 is 9.59 Å². The number of aromatic nitrogens is 2. The fourth-order valence-electron chi connectivity index (χ4n) is 4.06. The molecule has 2 fully saturated rings. The molecule has 2 aliphatic heterocycles.